The van der Waals surface area contributed by atoms with Gasteiger partial charge < -0.3 is 9.73 Å². The van der Waals surface area contributed by atoms with Crippen LogP contribution in [0.25, 0.3) is 0 Å². The smallest absolute Gasteiger partial charge is 0.169 e. The van der Waals surface area contributed by atoms with Gasteiger partial charge in [-0.1, -0.05) is 37.3 Å². The topological polar surface area (TPSA) is 25.2 Å². The van der Waals surface area contributed by atoms with Crippen LogP contribution in [-0.4, -0.2) is 6.54 Å². The van der Waals surface area contributed by atoms with Crippen LogP contribution in [0.4, 0.5) is 0 Å². The third kappa shape index (κ3) is 3.20. The minimum Gasteiger partial charge on any atom is -0.452 e. The highest BCUT2D eigenvalue weighted by Crippen LogP contribution is 2.25. The fourth-order valence-corrected chi connectivity index (χ4v) is 2.12. The van der Waals surface area contributed by atoms with Gasteiger partial charge in [0.15, 0.2) is 4.67 Å². The SMILES string of the molecule is CCCNC(c1ccccc1)c1ccc(Br)o1. The third-order valence-electron chi connectivity index (χ3n) is 2.61. The molecule has 0 saturated carbocycles. The Morgan fingerprint density at radius 2 is 1.94 bits per heavy atom. The van der Waals surface area contributed by atoms with Crippen LogP contribution in [0.1, 0.15) is 30.7 Å². The van der Waals surface area contributed by atoms with E-state index in [1.165, 1.54) is 5.56 Å². The first-order valence-electron chi connectivity index (χ1n) is 5.85. The lowest BCUT2D eigenvalue weighted by Gasteiger charge is -2.16. The van der Waals surface area contributed by atoms with Crippen molar-refractivity contribution in [2.75, 3.05) is 6.54 Å². The van der Waals surface area contributed by atoms with Gasteiger partial charge in [-0.25, -0.2) is 0 Å². The molecule has 3 heteroatoms. The van der Waals surface area contributed by atoms with Crippen LogP contribution in [0, 0.1) is 0 Å². The first kappa shape index (κ1) is 12.4. The molecule has 2 rings (SSSR count). The van der Waals surface area contributed by atoms with Gasteiger partial charge in [0.05, 0.1) is 6.04 Å². The van der Waals surface area contributed by atoms with E-state index in [4.69, 9.17) is 4.42 Å². The highest BCUT2D eigenvalue weighted by atomic mass is 79.9. The highest BCUT2D eigenvalue weighted by molar-refractivity contribution is 9.10. The Morgan fingerprint density at radius 1 is 1.18 bits per heavy atom. The highest BCUT2D eigenvalue weighted by Gasteiger charge is 2.16. The van der Waals surface area contributed by atoms with Crippen LogP contribution in [0.3, 0.4) is 0 Å². The van der Waals surface area contributed by atoms with Crippen LogP contribution in [0.15, 0.2) is 51.6 Å². The Morgan fingerprint density at radius 3 is 2.53 bits per heavy atom. The maximum absolute atomic E-state index is 5.65. The van der Waals surface area contributed by atoms with Gasteiger partial charge >= 0.3 is 0 Å². The Labute approximate surface area is 110 Å². The summed E-state index contributed by atoms with van der Waals surface area (Å²) in [4.78, 5) is 0. The van der Waals surface area contributed by atoms with Gasteiger partial charge in [0.25, 0.3) is 0 Å². The van der Waals surface area contributed by atoms with Crippen LogP contribution < -0.4 is 5.32 Å². The minimum absolute atomic E-state index is 0.127. The lowest BCUT2D eigenvalue weighted by molar-refractivity contribution is 0.433. The predicted octanol–water partition coefficient (Wildman–Crippen LogP) is 4.13. The summed E-state index contributed by atoms with van der Waals surface area (Å²) >= 11 is 3.35. The van der Waals surface area contributed by atoms with Crippen molar-refractivity contribution >= 4 is 15.9 Å². The monoisotopic (exact) mass is 293 g/mol. The van der Waals surface area contributed by atoms with Gasteiger partial charge in [0, 0.05) is 0 Å². The van der Waals surface area contributed by atoms with Gasteiger partial charge in [0.1, 0.15) is 5.76 Å². The molecule has 90 valence electrons. The fourth-order valence-electron chi connectivity index (χ4n) is 1.80. The molecular weight excluding hydrogens is 278 g/mol. The summed E-state index contributed by atoms with van der Waals surface area (Å²) in [7, 11) is 0. The van der Waals surface area contributed by atoms with Gasteiger partial charge in [0.2, 0.25) is 0 Å². The van der Waals surface area contributed by atoms with Crippen LogP contribution >= 0.6 is 15.9 Å². The maximum atomic E-state index is 5.65. The van der Waals surface area contributed by atoms with E-state index in [0.29, 0.717) is 0 Å². The molecule has 17 heavy (non-hydrogen) atoms. The van der Waals surface area contributed by atoms with Crippen LogP contribution in [0.2, 0.25) is 0 Å². The molecule has 0 spiro atoms. The van der Waals surface area contributed by atoms with Crippen molar-refractivity contribution in [3.63, 3.8) is 0 Å². The summed E-state index contributed by atoms with van der Waals surface area (Å²) in [6.45, 7) is 3.13. The minimum atomic E-state index is 0.127. The second kappa shape index (κ2) is 6.03. The molecule has 1 atom stereocenters. The molecule has 0 aliphatic heterocycles. The van der Waals surface area contributed by atoms with Crippen molar-refractivity contribution in [3.8, 4) is 0 Å². The van der Waals surface area contributed by atoms with E-state index in [0.717, 1.165) is 23.4 Å². The molecule has 1 heterocycles. The molecule has 0 aliphatic rings. The van der Waals surface area contributed by atoms with Gasteiger partial charge in [-0.05, 0) is 46.6 Å². The van der Waals surface area contributed by atoms with Crippen molar-refractivity contribution in [2.24, 2.45) is 0 Å². The van der Waals surface area contributed by atoms with Crippen molar-refractivity contribution in [3.05, 3.63) is 58.5 Å². The fraction of sp³-hybridized carbons (Fsp3) is 0.286. The number of furan rings is 1. The van der Waals surface area contributed by atoms with Crippen molar-refractivity contribution in [2.45, 2.75) is 19.4 Å². The number of benzene rings is 1. The largest absolute Gasteiger partial charge is 0.452 e. The Balaban J connectivity index is 2.25. The van der Waals surface area contributed by atoms with Gasteiger partial charge in [-0.3, -0.25) is 0 Å². The normalized spacial score (nSPS) is 12.6. The van der Waals surface area contributed by atoms with E-state index in [1.54, 1.807) is 0 Å². The molecule has 1 aromatic heterocycles. The van der Waals surface area contributed by atoms with Crippen molar-refractivity contribution in [1.29, 1.82) is 0 Å². The molecule has 1 N–H and O–H groups in total. The predicted molar refractivity (Wildman–Crippen MR) is 73.0 cm³/mol. The number of nitrogens with one attached hydrogen (secondary N) is 1. The zero-order chi connectivity index (χ0) is 12.1. The van der Waals surface area contributed by atoms with Crippen molar-refractivity contribution < 1.29 is 4.42 Å². The standard InChI is InChI=1S/C14H16BrNO/c1-2-10-16-14(11-6-4-3-5-7-11)12-8-9-13(15)17-12/h3-9,14,16H,2,10H2,1H3. The molecule has 0 saturated heterocycles. The summed E-state index contributed by atoms with van der Waals surface area (Å²) < 4.78 is 6.42. The average molecular weight is 294 g/mol. The first-order chi connectivity index (χ1) is 8.31. The Bertz CT molecular complexity index is 452. The molecule has 0 fully saturated rings. The summed E-state index contributed by atoms with van der Waals surface area (Å²) in [5, 5.41) is 3.50. The summed E-state index contributed by atoms with van der Waals surface area (Å²) in [6, 6.07) is 14.4. The van der Waals surface area contributed by atoms with Gasteiger partial charge in [-0.15, -0.1) is 0 Å². The van der Waals surface area contributed by atoms with Crippen LogP contribution in [0.5, 0.6) is 0 Å². The van der Waals surface area contributed by atoms with E-state index in [2.05, 4.69) is 40.3 Å². The second-order valence-corrected chi connectivity index (χ2v) is 4.72. The molecule has 1 unspecified atom stereocenters. The Kier molecular flexibility index (Phi) is 4.40. The van der Waals surface area contributed by atoms with Gasteiger partial charge in [-0.2, -0.15) is 0 Å². The Hall–Kier alpha value is -1.06. The number of halogens is 1. The lowest BCUT2D eigenvalue weighted by Crippen LogP contribution is -2.22. The third-order valence-corrected chi connectivity index (χ3v) is 3.04. The lowest BCUT2D eigenvalue weighted by atomic mass is 10.0. The molecular formula is C14H16BrNO. The zero-order valence-corrected chi connectivity index (χ0v) is 11.4. The molecule has 0 aliphatic carbocycles. The van der Waals surface area contributed by atoms with Crippen LogP contribution in [-0.2, 0) is 0 Å². The summed E-state index contributed by atoms with van der Waals surface area (Å²) in [6.07, 6.45) is 1.10. The van der Waals surface area contributed by atoms with Crippen molar-refractivity contribution in [1.82, 2.24) is 5.32 Å². The molecule has 1 aromatic carbocycles. The average Bonchev–Trinajstić information content (AvgIpc) is 2.78. The summed E-state index contributed by atoms with van der Waals surface area (Å²) in [5.74, 6) is 0.941. The number of rotatable bonds is 5. The first-order valence-corrected chi connectivity index (χ1v) is 6.64. The molecule has 0 amide bonds. The number of hydrogen-bond donors (Lipinski definition) is 1. The molecule has 2 nitrogen and oxygen atoms in total. The maximum Gasteiger partial charge on any atom is 0.169 e. The summed E-state index contributed by atoms with van der Waals surface area (Å²) in [5.41, 5.74) is 1.22. The van der Waals surface area contributed by atoms with E-state index in [1.807, 2.05) is 30.3 Å². The van der Waals surface area contributed by atoms with E-state index < -0.39 is 0 Å². The number of hydrogen-bond acceptors (Lipinski definition) is 2. The van der Waals surface area contributed by atoms with E-state index in [-0.39, 0.29) is 6.04 Å². The second-order valence-electron chi connectivity index (χ2n) is 3.94. The van der Waals surface area contributed by atoms with E-state index in [9.17, 15) is 0 Å². The molecule has 2 aromatic rings. The quantitative estimate of drug-likeness (QED) is 0.897. The van der Waals surface area contributed by atoms with E-state index >= 15 is 0 Å². The molecule has 0 bridgehead atoms. The molecule has 0 radical (unpaired) electrons. The zero-order valence-electron chi connectivity index (χ0n) is 9.82.